The van der Waals surface area contributed by atoms with E-state index in [1.807, 2.05) is 20.8 Å². The second kappa shape index (κ2) is 20.9. The van der Waals surface area contributed by atoms with Crippen molar-refractivity contribution < 1.29 is 24.9 Å². The number of carbonyl (C=O) groups is 1. The van der Waals surface area contributed by atoms with E-state index in [9.17, 15) is 9.90 Å². The predicted molar refractivity (Wildman–Crippen MR) is 131 cm³/mol. The van der Waals surface area contributed by atoms with E-state index >= 15 is 0 Å². The molecular formula is C26H53NO5. The minimum absolute atomic E-state index is 0.0737. The standard InChI is InChI=1S/C26H53NO5/c1-26(2,3)32-25(31)21-17-15-13-11-9-7-5-4-6-8-10-12-14-16-19-23(28)27-22-18-20-24(29)30/h24-25,29-31H,4-22H2,1-3H3,(H,27,28). The number of aliphatic hydroxyl groups excluding tert-OH is 2. The average molecular weight is 460 g/mol. The molecule has 0 radical (unpaired) electrons. The number of rotatable bonds is 22. The van der Waals surface area contributed by atoms with Crippen LogP contribution in [0.4, 0.5) is 0 Å². The van der Waals surface area contributed by atoms with Gasteiger partial charge in [0.25, 0.3) is 0 Å². The van der Waals surface area contributed by atoms with Gasteiger partial charge in [0, 0.05) is 13.0 Å². The monoisotopic (exact) mass is 459 g/mol. The zero-order valence-electron chi connectivity index (χ0n) is 21.2. The van der Waals surface area contributed by atoms with Crippen LogP contribution in [0.15, 0.2) is 0 Å². The van der Waals surface area contributed by atoms with Gasteiger partial charge >= 0.3 is 0 Å². The maximum absolute atomic E-state index is 11.6. The van der Waals surface area contributed by atoms with E-state index < -0.39 is 12.6 Å². The van der Waals surface area contributed by atoms with Gasteiger partial charge < -0.3 is 25.4 Å². The maximum Gasteiger partial charge on any atom is 0.219 e. The topological polar surface area (TPSA) is 99.0 Å². The summed E-state index contributed by atoms with van der Waals surface area (Å²) >= 11 is 0. The Morgan fingerprint density at radius 1 is 0.688 bits per heavy atom. The molecule has 0 fully saturated rings. The first-order chi connectivity index (χ1) is 15.2. The van der Waals surface area contributed by atoms with Crippen LogP contribution in [0.25, 0.3) is 0 Å². The molecular weight excluding hydrogens is 406 g/mol. The Morgan fingerprint density at radius 2 is 1.12 bits per heavy atom. The van der Waals surface area contributed by atoms with Crippen molar-refractivity contribution in [3.8, 4) is 0 Å². The van der Waals surface area contributed by atoms with Crippen LogP contribution in [0.5, 0.6) is 0 Å². The van der Waals surface area contributed by atoms with Gasteiger partial charge in [0.1, 0.15) is 0 Å². The lowest BCUT2D eigenvalue weighted by atomic mass is 10.0. The zero-order chi connectivity index (χ0) is 24.1. The summed E-state index contributed by atoms with van der Waals surface area (Å²) in [5, 5.41) is 30.1. The molecule has 1 amide bonds. The van der Waals surface area contributed by atoms with E-state index in [1.165, 1.54) is 70.6 Å². The zero-order valence-corrected chi connectivity index (χ0v) is 21.2. The molecule has 0 aliphatic carbocycles. The number of ether oxygens (including phenoxy) is 1. The highest BCUT2D eigenvalue weighted by Gasteiger charge is 2.15. The number of unbranched alkanes of at least 4 members (excludes halogenated alkanes) is 13. The summed E-state index contributed by atoms with van der Waals surface area (Å²) in [5.41, 5.74) is -0.272. The molecule has 0 aromatic rings. The Morgan fingerprint density at radius 3 is 1.56 bits per heavy atom. The van der Waals surface area contributed by atoms with E-state index in [4.69, 9.17) is 14.9 Å². The van der Waals surface area contributed by atoms with Gasteiger partial charge in [-0.05, 0) is 52.9 Å². The quantitative estimate of drug-likeness (QED) is 0.125. The Labute approximate surface area is 197 Å². The Bertz CT molecular complexity index is 423. The Balaban J connectivity index is 3.21. The molecule has 0 heterocycles. The lowest BCUT2D eigenvalue weighted by Gasteiger charge is -2.23. The third-order valence-corrected chi connectivity index (χ3v) is 5.56. The Hall–Kier alpha value is -0.690. The van der Waals surface area contributed by atoms with Crippen LogP contribution in [-0.4, -0.2) is 46.0 Å². The number of hydrogen-bond acceptors (Lipinski definition) is 5. The van der Waals surface area contributed by atoms with Crippen LogP contribution in [0.2, 0.25) is 0 Å². The largest absolute Gasteiger partial charge is 0.368 e. The Kier molecular flexibility index (Phi) is 20.4. The van der Waals surface area contributed by atoms with Gasteiger partial charge in [-0.2, -0.15) is 0 Å². The van der Waals surface area contributed by atoms with Crippen LogP contribution < -0.4 is 5.32 Å². The normalized spacial score (nSPS) is 13.0. The number of aliphatic hydroxyl groups is 3. The number of hydrogen-bond donors (Lipinski definition) is 4. The molecule has 0 aliphatic rings. The van der Waals surface area contributed by atoms with Crippen molar-refractivity contribution in [3.63, 3.8) is 0 Å². The molecule has 192 valence electrons. The molecule has 6 heteroatoms. The van der Waals surface area contributed by atoms with Crippen molar-refractivity contribution in [2.24, 2.45) is 0 Å². The third kappa shape index (κ3) is 25.6. The van der Waals surface area contributed by atoms with Crippen molar-refractivity contribution in [3.05, 3.63) is 0 Å². The maximum atomic E-state index is 11.6. The van der Waals surface area contributed by atoms with Crippen molar-refractivity contribution in [1.82, 2.24) is 5.32 Å². The summed E-state index contributed by atoms with van der Waals surface area (Å²) < 4.78 is 5.52. The highest BCUT2D eigenvalue weighted by Crippen LogP contribution is 2.16. The molecule has 6 nitrogen and oxygen atoms in total. The minimum atomic E-state index is -1.28. The van der Waals surface area contributed by atoms with Gasteiger partial charge in [-0.25, -0.2) is 0 Å². The molecule has 0 rings (SSSR count). The first-order valence-electron chi connectivity index (χ1n) is 13.2. The van der Waals surface area contributed by atoms with Crippen LogP contribution >= 0.6 is 0 Å². The number of amides is 1. The van der Waals surface area contributed by atoms with Gasteiger partial charge in [0.05, 0.1) is 5.60 Å². The molecule has 4 N–H and O–H groups in total. The van der Waals surface area contributed by atoms with Crippen LogP contribution in [-0.2, 0) is 9.53 Å². The number of carbonyl (C=O) groups excluding carboxylic acids is 1. The van der Waals surface area contributed by atoms with Gasteiger partial charge in [0.2, 0.25) is 5.91 Å². The highest BCUT2D eigenvalue weighted by molar-refractivity contribution is 5.75. The van der Waals surface area contributed by atoms with Crippen molar-refractivity contribution >= 4 is 5.91 Å². The summed E-state index contributed by atoms with van der Waals surface area (Å²) in [6.45, 7) is 6.43. The summed E-state index contributed by atoms with van der Waals surface area (Å²) in [7, 11) is 0. The first kappa shape index (κ1) is 31.3. The summed E-state index contributed by atoms with van der Waals surface area (Å²) in [4.78, 5) is 11.6. The van der Waals surface area contributed by atoms with Crippen molar-refractivity contribution in [2.75, 3.05) is 6.54 Å². The van der Waals surface area contributed by atoms with Crippen LogP contribution in [0.1, 0.15) is 136 Å². The fourth-order valence-electron chi connectivity index (χ4n) is 3.79. The lowest BCUT2D eigenvalue weighted by molar-refractivity contribution is -0.168. The van der Waals surface area contributed by atoms with E-state index in [1.54, 1.807) is 0 Å². The summed E-state index contributed by atoms with van der Waals surface area (Å²) in [6, 6.07) is 0. The smallest absolute Gasteiger partial charge is 0.219 e. The molecule has 32 heavy (non-hydrogen) atoms. The highest BCUT2D eigenvalue weighted by atomic mass is 16.6. The van der Waals surface area contributed by atoms with Crippen LogP contribution in [0.3, 0.4) is 0 Å². The van der Waals surface area contributed by atoms with Gasteiger partial charge in [0.15, 0.2) is 12.6 Å². The molecule has 0 spiro atoms. The molecule has 0 saturated heterocycles. The fraction of sp³-hybridized carbons (Fsp3) is 0.962. The number of nitrogens with one attached hydrogen (secondary N) is 1. The second-order valence-electron chi connectivity index (χ2n) is 10.1. The van der Waals surface area contributed by atoms with Crippen molar-refractivity contribution in [2.45, 2.75) is 155 Å². The summed E-state index contributed by atoms with van der Waals surface area (Å²) in [6.07, 6.45) is 17.6. The minimum Gasteiger partial charge on any atom is -0.368 e. The molecule has 0 aromatic heterocycles. The van der Waals surface area contributed by atoms with Crippen molar-refractivity contribution in [1.29, 1.82) is 0 Å². The second-order valence-corrected chi connectivity index (χ2v) is 10.1. The molecule has 1 atom stereocenters. The van der Waals surface area contributed by atoms with E-state index in [2.05, 4.69) is 5.32 Å². The van der Waals surface area contributed by atoms with E-state index in [0.717, 1.165) is 25.7 Å². The molecule has 0 aliphatic heterocycles. The van der Waals surface area contributed by atoms with Crippen LogP contribution in [0, 0.1) is 0 Å². The first-order valence-corrected chi connectivity index (χ1v) is 13.2. The molecule has 1 unspecified atom stereocenters. The van der Waals surface area contributed by atoms with E-state index in [-0.39, 0.29) is 11.5 Å². The van der Waals surface area contributed by atoms with E-state index in [0.29, 0.717) is 25.8 Å². The molecule has 0 aromatic carbocycles. The van der Waals surface area contributed by atoms with Gasteiger partial charge in [-0.15, -0.1) is 0 Å². The predicted octanol–water partition coefficient (Wildman–Crippen LogP) is 5.57. The third-order valence-electron chi connectivity index (χ3n) is 5.56. The van der Waals surface area contributed by atoms with Gasteiger partial charge in [-0.1, -0.05) is 77.0 Å². The average Bonchev–Trinajstić information content (AvgIpc) is 2.69. The summed E-state index contributed by atoms with van der Waals surface area (Å²) in [5.74, 6) is 0.0737. The molecule has 0 bridgehead atoms. The molecule has 0 saturated carbocycles. The lowest BCUT2D eigenvalue weighted by Crippen LogP contribution is -2.27. The SMILES string of the molecule is CC(C)(C)OC(O)CCCCCCCCCCCCCCCCC(=O)NCCCC(O)O. The van der Waals surface area contributed by atoms with Gasteiger partial charge in [-0.3, -0.25) is 4.79 Å². The fourth-order valence-corrected chi connectivity index (χ4v) is 3.79.